The molecule has 0 saturated carbocycles. The molecule has 1 saturated heterocycles. The standard InChI is InChI=1S/C13H28NO2PS/c1-6-12-14-11(13(4,5)18-12)7-8-17(15)16-9-10(2)3/h10-12,14,17H,6-9H2,1-5H3. The molecular weight excluding hydrogens is 265 g/mol. The second-order valence-electron chi connectivity index (χ2n) is 5.95. The van der Waals surface area contributed by atoms with Crippen molar-refractivity contribution in [1.29, 1.82) is 0 Å². The largest absolute Gasteiger partial charge is 0.330 e. The Morgan fingerprint density at radius 3 is 2.61 bits per heavy atom. The van der Waals surface area contributed by atoms with Crippen molar-refractivity contribution in [3.8, 4) is 0 Å². The van der Waals surface area contributed by atoms with Crippen molar-refractivity contribution < 1.29 is 9.09 Å². The van der Waals surface area contributed by atoms with Crippen LogP contribution in [-0.4, -0.2) is 28.9 Å². The lowest BCUT2D eigenvalue weighted by molar-refractivity contribution is 0.281. The van der Waals surface area contributed by atoms with E-state index in [1.165, 1.54) is 0 Å². The topological polar surface area (TPSA) is 38.3 Å². The van der Waals surface area contributed by atoms with Crippen LogP contribution >= 0.6 is 19.8 Å². The molecule has 0 spiro atoms. The highest BCUT2D eigenvalue weighted by atomic mass is 32.2. The summed E-state index contributed by atoms with van der Waals surface area (Å²) in [7, 11) is -1.84. The molecule has 0 aromatic heterocycles. The molecule has 1 heterocycles. The van der Waals surface area contributed by atoms with Crippen molar-refractivity contribution in [2.75, 3.05) is 12.8 Å². The Kier molecular flexibility index (Phi) is 6.74. The Morgan fingerprint density at radius 1 is 1.44 bits per heavy atom. The van der Waals surface area contributed by atoms with Crippen molar-refractivity contribution >= 4 is 19.8 Å². The van der Waals surface area contributed by atoms with E-state index in [0.29, 0.717) is 30.1 Å². The summed E-state index contributed by atoms with van der Waals surface area (Å²) in [6.07, 6.45) is 2.80. The number of hydrogen-bond donors (Lipinski definition) is 1. The Bertz CT molecular complexity index is 284. The third kappa shape index (κ3) is 5.24. The fourth-order valence-electron chi connectivity index (χ4n) is 2.13. The van der Waals surface area contributed by atoms with Gasteiger partial charge in [-0.05, 0) is 32.6 Å². The second kappa shape index (κ2) is 7.33. The van der Waals surface area contributed by atoms with Crippen LogP contribution < -0.4 is 5.32 Å². The van der Waals surface area contributed by atoms with Crippen LogP contribution in [0, 0.1) is 5.92 Å². The molecule has 0 bridgehead atoms. The van der Waals surface area contributed by atoms with E-state index >= 15 is 0 Å². The molecule has 1 fully saturated rings. The third-order valence-corrected chi connectivity index (χ3v) is 6.09. The highest BCUT2D eigenvalue weighted by Gasteiger charge is 2.39. The Balaban J connectivity index is 2.32. The number of thioether (sulfide) groups is 1. The van der Waals surface area contributed by atoms with Gasteiger partial charge in [-0.3, -0.25) is 4.57 Å². The summed E-state index contributed by atoms with van der Waals surface area (Å²) in [5.74, 6) is 0.458. The van der Waals surface area contributed by atoms with E-state index < -0.39 is 8.03 Å². The van der Waals surface area contributed by atoms with Crippen LogP contribution in [0.5, 0.6) is 0 Å². The third-order valence-electron chi connectivity index (χ3n) is 3.26. The molecule has 0 amide bonds. The van der Waals surface area contributed by atoms with Crippen LogP contribution in [0.2, 0.25) is 0 Å². The first-order valence-electron chi connectivity index (χ1n) is 6.94. The lowest BCUT2D eigenvalue weighted by Crippen LogP contribution is -2.38. The Labute approximate surface area is 117 Å². The van der Waals surface area contributed by atoms with E-state index in [2.05, 4.69) is 39.9 Å². The van der Waals surface area contributed by atoms with Crippen molar-refractivity contribution in [3.63, 3.8) is 0 Å². The van der Waals surface area contributed by atoms with Gasteiger partial charge in [0.15, 0.2) is 8.03 Å². The molecule has 0 aliphatic carbocycles. The lowest BCUT2D eigenvalue weighted by atomic mass is 10.0. The molecular formula is C13H28NO2PS. The molecule has 1 N–H and O–H groups in total. The van der Waals surface area contributed by atoms with Crippen molar-refractivity contribution in [1.82, 2.24) is 5.32 Å². The summed E-state index contributed by atoms with van der Waals surface area (Å²) in [6, 6.07) is 0.448. The van der Waals surface area contributed by atoms with Crippen LogP contribution in [0.25, 0.3) is 0 Å². The molecule has 3 atom stereocenters. The van der Waals surface area contributed by atoms with Gasteiger partial charge in [-0.2, -0.15) is 0 Å². The molecule has 3 unspecified atom stereocenters. The monoisotopic (exact) mass is 293 g/mol. The minimum atomic E-state index is -1.84. The minimum Gasteiger partial charge on any atom is -0.330 e. The summed E-state index contributed by atoms with van der Waals surface area (Å²) >= 11 is 2.00. The Hall–Kier alpha value is 0.500. The van der Waals surface area contributed by atoms with E-state index in [4.69, 9.17) is 4.52 Å². The first kappa shape index (κ1) is 16.6. The van der Waals surface area contributed by atoms with Gasteiger partial charge in [0.05, 0.1) is 12.0 Å². The number of hydrogen-bond acceptors (Lipinski definition) is 4. The summed E-state index contributed by atoms with van der Waals surface area (Å²) in [6.45, 7) is 11.5. The van der Waals surface area contributed by atoms with E-state index in [0.717, 1.165) is 12.8 Å². The van der Waals surface area contributed by atoms with Gasteiger partial charge in [-0.25, -0.2) is 0 Å². The zero-order valence-corrected chi connectivity index (χ0v) is 14.1. The van der Waals surface area contributed by atoms with E-state index in [9.17, 15) is 4.57 Å². The zero-order valence-electron chi connectivity index (χ0n) is 12.3. The molecule has 0 radical (unpaired) electrons. The molecule has 1 rings (SSSR count). The van der Waals surface area contributed by atoms with Gasteiger partial charge >= 0.3 is 0 Å². The van der Waals surface area contributed by atoms with Gasteiger partial charge in [0.25, 0.3) is 0 Å². The van der Waals surface area contributed by atoms with Crippen LogP contribution in [-0.2, 0) is 9.09 Å². The van der Waals surface area contributed by atoms with Crippen molar-refractivity contribution in [3.05, 3.63) is 0 Å². The van der Waals surface area contributed by atoms with Gasteiger partial charge in [-0.1, -0.05) is 20.8 Å². The first-order chi connectivity index (χ1) is 8.35. The highest BCUT2D eigenvalue weighted by molar-refractivity contribution is 8.01. The van der Waals surface area contributed by atoms with E-state index in [1.54, 1.807) is 0 Å². The maximum atomic E-state index is 11.8. The van der Waals surface area contributed by atoms with Gasteiger partial charge in [0.1, 0.15) is 0 Å². The molecule has 0 aromatic rings. The van der Waals surface area contributed by atoms with Gasteiger partial charge < -0.3 is 9.84 Å². The Morgan fingerprint density at radius 2 is 2.11 bits per heavy atom. The molecule has 3 nitrogen and oxygen atoms in total. The minimum absolute atomic E-state index is 0.237. The second-order valence-corrected chi connectivity index (χ2v) is 9.34. The molecule has 1 aliphatic heterocycles. The normalized spacial score (nSPS) is 28.8. The highest BCUT2D eigenvalue weighted by Crippen LogP contribution is 2.41. The predicted octanol–water partition coefficient (Wildman–Crippen LogP) is 3.74. The summed E-state index contributed by atoms with van der Waals surface area (Å²) in [4.78, 5) is 0. The van der Waals surface area contributed by atoms with E-state index in [1.807, 2.05) is 11.8 Å². The molecule has 1 aliphatic rings. The molecule has 5 heteroatoms. The van der Waals surface area contributed by atoms with E-state index in [-0.39, 0.29) is 4.75 Å². The summed E-state index contributed by atoms with van der Waals surface area (Å²) < 4.78 is 17.4. The summed E-state index contributed by atoms with van der Waals surface area (Å²) in [5.41, 5.74) is 0. The number of nitrogens with one attached hydrogen (secondary N) is 1. The van der Waals surface area contributed by atoms with Crippen LogP contribution in [0.3, 0.4) is 0 Å². The quantitative estimate of drug-likeness (QED) is 0.726. The maximum absolute atomic E-state index is 11.8. The zero-order chi connectivity index (χ0) is 13.8. The molecule has 0 aromatic carbocycles. The molecule has 18 heavy (non-hydrogen) atoms. The smallest absolute Gasteiger partial charge is 0.191 e. The SMILES string of the molecule is CCC1NC(CC[PH](=O)OCC(C)C)C(C)(C)S1. The first-order valence-corrected chi connectivity index (χ1v) is 9.35. The average molecular weight is 293 g/mol. The lowest BCUT2D eigenvalue weighted by Gasteiger charge is -2.25. The number of rotatable bonds is 7. The predicted molar refractivity (Wildman–Crippen MR) is 81.9 cm³/mol. The van der Waals surface area contributed by atoms with Crippen LogP contribution in [0.15, 0.2) is 0 Å². The fourth-order valence-corrected chi connectivity index (χ4v) is 4.80. The van der Waals surface area contributed by atoms with Gasteiger partial charge in [-0.15, -0.1) is 11.8 Å². The molecule has 108 valence electrons. The van der Waals surface area contributed by atoms with Crippen LogP contribution in [0.1, 0.15) is 47.5 Å². The maximum Gasteiger partial charge on any atom is 0.191 e. The van der Waals surface area contributed by atoms with Crippen LogP contribution in [0.4, 0.5) is 0 Å². The van der Waals surface area contributed by atoms with Gasteiger partial charge in [0, 0.05) is 17.0 Å². The summed E-state index contributed by atoms with van der Waals surface area (Å²) in [5, 5.41) is 4.18. The fraction of sp³-hybridized carbons (Fsp3) is 1.00. The van der Waals surface area contributed by atoms with Crippen molar-refractivity contribution in [2.24, 2.45) is 5.92 Å². The average Bonchev–Trinajstić information content (AvgIpc) is 2.58. The van der Waals surface area contributed by atoms with Gasteiger partial charge in [0.2, 0.25) is 0 Å². The van der Waals surface area contributed by atoms with Crippen molar-refractivity contribution in [2.45, 2.75) is 63.6 Å².